The normalized spacial score (nSPS) is 33.3. The molecular weight excluding hydrogens is 248 g/mol. The minimum Gasteiger partial charge on any atom is -0.374 e. The van der Waals surface area contributed by atoms with Gasteiger partial charge in [-0.25, -0.2) is 0 Å². The monoisotopic (exact) mass is 282 g/mol. The van der Waals surface area contributed by atoms with Crippen molar-refractivity contribution < 1.29 is 4.74 Å². The van der Waals surface area contributed by atoms with Crippen molar-refractivity contribution in [2.24, 2.45) is 11.8 Å². The summed E-state index contributed by atoms with van der Waals surface area (Å²) < 4.78 is 5.89. The zero-order valence-electron chi connectivity index (χ0n) is 13.7. The van der Waals surface area contributed by atoms with Crippen molar-refractivity contribution in [2.45, 2.75) is 65.0 Å². The summed E-state index contributed by atoms with van der Waals surface area (Å²) in [6, 6.07) is 0.722. The molecule has 2 fully saturated rings. The molecule has 0 aromatic heterocycles. The third-order valence-electron chi connectivity index (χ3n) is 5.26. The first-order valence-electron chi connectivity index (χ1n) is 8.76. The molecule has 3 unspecified atom stereocenters. The summed E-state index contributed by atoms with van der Waals surface area (Å²) in [6.45, 7) is 12.3. The number of ether oxygens (including phenoxy) is 1. The Morgan fingerprint density at radius 1 is 1.20 bits per heavy atom. The van der Waals surface area contributed by atoms with Crippen LogP contribution in [0.2, 0.25) is 0 Å². The van der Waals surface area contributed by atoms with E-state index in [-0.39, 0.29) is 0 Å². The van der Waals surface area contributed by atoms with Crippen molar-refractivity contribution >= 4 is 0 Å². The number of nitrogens with zero attached hydrogens (tertiary/aromatic N) is 1. The van der Waals surface area contributed by atoms with Crippen molar-refractivity contribution in [1.82, 2.24) is 10.2 Å². The van der Waals surface area contributed by atoms with Crippen LogP contribution in [0.25, 0.3) is 0 Å². The second-order valence-corrected chi connectivity index (χ2v) is 7.00. The predicted octanol–water partition coefficient (Wildman–Crippen LogP) is 2.90. The van der Waals surface area contributed by atoms with E-state index in [0.29, 0.717) is 6.10 Å². The van der Waals surface area contributed by atoms with Gasteiger partial charge in [0.05, 0.1) is 12.7 Å². The maximum atomic E-state index is 5.89. The van der Waals surface area contributed by atoms with Gasteiger partial charge in [0.2, 0.25) is 0 Å². The van der Waals surface area contributed by atoms with Crippen LogP contribution in [0.1, 0.15) is 52.9 Å². The molecule has 1 saturated heterocycles. The second kappa shape index (κ2) is 8.35. The van der Waals surface area contributed by atoms with Gasteiger partial charge in [0.1, 0.15) is 0 Å². The quantitative estimate of drug-likeness (QED) is 0.785. The molecule has 1 saturated carbocycles. The molecule has 3 heteroatoms. The molecule has 0 radical (unpaired) electrons. The average Bonchev–Trinajstić information content (AvgIpc) is 2.71. The predicted molar refractivity (Wildman–Crippen MR) is 85.1 cm³/mol. The third-order valence-corrected chi connectivity index (χ3v) is 5.26. The number of hydrogen-bond donors (Lipinski definition) is 1. The lowest BCUT2D eigenvalue weighted by Crippen LogP contribution is -2.48. The van der Waals surface area contributed by atoms with Crippen molar-refractivity contribution in [3.8, 4) is 0 Å². The van der Waals surface area contributed by atoms with Gasteiger partial charge in [-0.1, -0.05) is 33.6 Å². The highest BCUT2D eigenvalue weighted by Gasteiger charge is 2.23. The fraction of sp³-hybridized carbons (Fsp3) is 1.00. The number of nitrogens with one attached hydrogen (secondary N) is 1. The van der Waals surface area contributed by atoms with Gasteiger partial charge in [0, 0.05) is 25.7 Å². The minimum absolute atomic E-state index is 0.396. The zero-order chi connectivity index (χ0) is 14.4. The van der Waals surface area contributed by atoms with Crippen LogP contribution >= 0.6 is 0 Å². The lowest BCUT2D eigenvalue weighted by Gasteiger charge is -2.33. The average molecular weight is 282 g/mol. The highest BCUT2D eigenvalue weighted by atomic mass is 16.5. The van der Waals surface area contributed by atoms with E-state index in [1.165, 1.54) is 32.1 Å². The maximum Gasteiger partial charge on any atom is 0.0826 e. The van der Waals surface area contributed by atoms with Crippen LogP contribution in [0.5, 0.6) is 0 Å². The minimum atomic E-state index is 0.396. The van der Waals surface area contributed by atoms with E-state index in [9.17, 15) is 0 Å². The molecule has 0 aromatic carbocycles. The summed E-state index contributed by atoms with van der Waals surface area (Å²) in [5, 5.41) is 3.78. The summed E-state index contributed by atoms with van der Waals surface area (Å²) in [5.41, 5.74) is 0. The van der Waals surface area contributed by atoms with Crippen LogP contribution in [0.3, 0.4) is 0 Å². The van der Waals surface area contributed by atoms with Crippen LogP contribution in [0.4, 0.5) is 0 Å². The summed E-state index contributed by atoms with van der Waals surface area (Å²) in [4.78, 5) is 2.50. The summed E-state index contributed by atoms with van der Waals surface area (Å²) in [5.74, 6) is 1.80. The standard InChI is InChI=1S/C17H34N2O/c1-4-19-10-11-20-17(13-19)12-18-16-7-5-6-15(8-9-16)14(2)3/h14-18H,4-13H2,1-3H3. The van der Waals surface area contributed by atoms with Gasteiger partial charge in [-0.3, -0.25) is 4.90 Å². The van der Waals surface area contributed by atoms with E-state index in [2.05, 4.69) is 31.0 Å². The Kier molecular flexibility index (Phi) is 6.79. The highest BCUT2D eigenvalue weighted by Crippen LogP contribution is 2.28. The topological polar surface area (TPSA) is 24.5 Å². The Bertz CT molecular complexity index is 270. The number of morpholine rings is 1. The van der Waals surface area contributed by atoms with Crippen LogP contribution in [-0.2, 0) is 4.74 Å². The summed E-state index contributed by atoms with van der Waals surface area (Å²) in [6.07, 6.45) is 7.34. The van der Waals surface area contributed by atoms with Gasteiger partial charge in [-0.2, -0.15) is 0 Å². The van der Waals surface area contributed by atoms with Crippen LogP contribution in [0, 0.1) is 11.8 Å². The molecule has 0 spiro atoms. The highest BCUT2D eigenvalue weighted by molar-refractivity contribution is 4.79. The lowest BCUT2D eigenvalue weighted by atomic mass is 9.89. The Hall–Kier alpha value is -0.120. The van der Waals surface area contributed by atoms with E-state index in [1.807, 2.05) is 0 Å². The van der Waals surface area contributed by atoms with Crippen LogP contribution in [0.15, 0.2) is 0 Å². The van der Waals surface area contributed by atoms with Crippen molar-refractivity contribution in [3.63, 3.8) is 0 Å². The van der Waals surface area contributed by atoms with Gasteiger partial charge >= 0.3 is 0 Å². The lowest BCUT2D eigenvalue weighted by molar-refractivity contribution is -0.0265. The van der Waals surface area contributed by atoms with Gasteiger partial charge in [0.25, 0.3) is 0 Å². The Labute approximate surface area is 125 Å². The second-order valence-electron chi connectivity index (χ2n) is 7.00. The van der Waals surface area contributed by atoms with Crippen molar-refractivity contribution in [2.75, 3.05) is 32.8 Å². The van der Waals surface area contributed by atoms with Crippen molar-refractivity contribution in [1.29, 1.82) is 0 Å². The van der Waals surface area contributed by atoms with Gasteiger partial charge in [0.15, 0.2) is 0 Å². The van der Waals surface area contributed by atoms with Gasteiger partial charge < -0.3 is 10.1 Å². The molecular formula is C17H34N2O. The van der Waals surface area contributed by atoms with E-state index >= 15 is 0 Å². The number of likely N-dealkylation sites (N-methyl/N-ethyl adjacent to an activating group) is 1. The molecule has 0 amide bonds. The van der Waals surface area contributed by atoms with Gasteiger partial charge in [-0.05, 0) is 37.6 Å². The van der Waals surface area contributed by atoms with Crippen LogP contribution < -0.4 is 5.32 Å². The zero-order valence-corrected chi connectivity index (χ0v) is 13.7. The molecule has 3 nitrogen and oxygen atoms in total. The van der Waals surface area contributed by atoms with Crippen LogP contribution in [-0.4, -0.2) is 49.8 Å². The summed E-state index contributed by atoms with van der Waals surface area (Å²) >= 11 is 0. The molecule has 0 bridgehead atoms. The molecule has 1 N–H and O–H groups in total. The Morgan fingerprint density at radius 2 is 2.05 bits per heavy atom. The smallest absolute Gasteiger partial charge is 0.0826 e. The SMILES string of the molecule is CCN1CCOC(CNC2CCCC(C(C)C)CC2)C1. The molecule has 118 valence electrons. The van der Waals surface area contributed by atoms with E-state index in [4.69, 9.17) is 4.74 Å². The molecule has 1 aliphatic carbocycles. The van der Waals surface area contributed by atoms with Gasteiger partial charge in [-0.15, -0.1) is 0 Å². The van der Waals surface area contributed by atoms with E-state index < -0.39 is 0 Å². The molecule has 1 heterocycles. The third kappa shape index (κ3) is 5.01. The number of hydrogen-bond acceptors (Lipinski definition) is 3. The van der Waals surface area contributed by atoms with E-state index in [0.717, 1.165) is 50.7 Å². The first kappa shape index (κ1) is 16.3. The largest absolute Gasteiger partial charge is 0.374 e. The molecule has 2 aliphatic rings. The first-order chi connectivity index (χ1) is 9.69. The Balaban J connectivity index is 1.68. The van der Waals surface area contributed by atoms with Crippen molar-refractivity contribution in [3.05, 3.63) is 0 Å². The first-order valence-corrected chi connectivity index (χ1v) is 8.76. The fourth-order valence-electron chi connectivity index (χ4n) is 3.69. The van der Waals surface area contributed by atoms with E-state index in [1.54, 1.807) is 0 Å². The fourth-order valence-corrected chi connectivity index (χ4v) is 3.69. The Morgan fingerprint density at radius 3 is 2.80 bits per heavy atom. The maximum absolute atomic E-state index is 5.89. The number of rotatable bonds is 5. The molecule has 20 heavy (non-hydrogen) atoms. The summed E-state index contributed by atoms with van der Waals surface area (Å²) in [7, 11) is 0. The molecule has 3 atom stereocenters. The molecule has 0 aromatic rings. The molecule has 1 aliphatic heterocycles. The molecule has 2 rings (SSSR count).